The summed E-state index contributed by atoms with van der Waals surface area (Å²) in [6.45, 7) is 17.8. The minimum absolute atomic E-state index is 0.476. The number of rotatable bonds is 29. The van der Waals surface area contributed by atoms with Gasteiger partial charge in [-0.25, -0.2) is 4.58 Å². The molecule has 0 bridgehead atoms. The number of aliphatic carboxylic acids is 1. The summed E-state index contributed by atoms with van der Waals surface area (Å²) >= 11 is 0. The highest BCUT2D eigenvalue weighted by Crippen LogP contribution is 2.36. The van der Waals surface area contributed by atoms with Crippen molar-refractivity contribution in [3.8, 4) is 11.3 Å². The molecule has 2 aliphatic rings. The molecule has 1 aromatic carbocycles. The largest absolute Gasteiger partial charge is 0.481 e. The molecule has 1 aliphatic heterocycles. The molecule has 0 radical (unpaired) electrons. The first-order valence-electron chi connectivity index (χ1n) is 22.0. The first kappa shape index (κ1) is 44.3. The summed E-state index contributed by atoms with van der Waals surface area (Å²) in [7, 11) is 0. The Hall–Kier alpha value is -3.08. The van der Waals surface area contributed by atoms with Gasteiger partial charge in [-0.2, -0.15) is 0 Å². The molecule has 0 aromatic heterocycles. The number of fused-ring (bicyclic) bond motifs is 2. The average molecular weight is 730 g/mol. The van der Waals surface area contributed by atoms with Gasteiger partial charge < -0.3 is 14.4 Å². The Balaban J connectivity index is 1.85. The molecule has 5 heteroatoms. The van der Waals surface area contributed by atoms with E-state index in [1.165, 1.54) is 68.8 Å². The number of carboxylic acid groups (broad SMARTS) is 1. The van der Waals surface area contributed by atoms with Gasteiger partial charge in [-0.3, -0.25) is 4.79 Å². The second-order valence-corrected chi connectivity index (χ2v) is 16.1. The van der Waals surface area contributed by atoms with E-state index in [0.717, 1.165) is 118 Å². The highest BCUT2D eigenvalue weighted by Gasteiger charge is 2.24. The Morgan fingerprint density at radius 1 is 0.755 bits per heavy atom. The number of hydrogen-bond acceptors (Lipinski definition) is 3. The monoisotopic (exact) mass is 730 g/mol. The van der Waals surface area contributed by atoms with Crippen molar-refractivity contribution < 1.29 is 14.3 Å². The van der Waals surface area contributed by atoms with Crippen LogP contribution in [0.5, 0.6) is 0 Å². The lowest BCUT2D eigenvalue weighted by Crippen LogP contribution is -2.32. The molecule has 1 heterocycles. The van der Waals surface area contributed by atoms with Gasteiger partial charge in [0.25, 0.3) is 0 Å². The lowest BCUT2D eigenvalue weighted by molar-refractivity contribution is -0.141. The number of unbranched alkanes of at least 4 members (excludes halogenated alkanes) is 12. The van der Waals surface area contributed by atoms with Crippen LogP contribution in [-0.2, 0) is 11.2 Å². The van der Waals surface area contributed by atoms with Crippen LogP contribution in [0.4, 0.5) is 5.69 Å². The molecule has 0 saturated carbocycles. The molecular weight excluding hydrogens is 653 g/mol. The first-order valence-corrected chi connectivity index (χ1v) is 22.0. The van der Waals surface area contributed by atoms with Crippen LogP contribution in [0, 0.1) is 11.8 Å². The SMILES string of the molecule is CCCCN(CCCC)c1ccc2c(CC(C/C=C/CCCCCCCCCCC(C)C)C(=O)O)c3ccc(=[N+](CCCC)CCCC)cc-3oc2c1. The van der Waals surface area contributed by atoms with E-state index in [1.807, 2.05) is 0 Å². The lowest BCUT2D eigenvalue weighted by atomic mass is 9.89. The van der Waals surface area contributed by atoms with Gasteiger partial charge in [0.2, 0.25) is 5.36 Å². The quantitative estimate of drug-likeness (QED) is 0.0334. The second-order valence-electron chi connectivity index (χ2n) is 16.1. The van der Waals surface area contributed by atoms with Crippen LogP contribution in [0.2, 0.25) is 0 Å². The molecule has 0 fully saturated rings. The van der Waals surface area contributed by atoms with Crippen molar-refractivity contribution in [2.75, 3.05) is 31.1 Å². The molecule has 296 valence electrons. The third-order valence-electron chi connectivity index (χ3n) is 10.9. The van der Waals surface area contributed by atoms with Crippen LogP contribution in [0.25, 0.3) is 22.3 Å². The molecule has 1 aromatic rings. The molecule has 53 heavy (non-hydrogen) atoms. The fourth-order valence-electron chi connectivity index (χ4n) is 7.47. The zero-order valence-corrected chi connectivity index (χ0v) is 34.9. The minimum atomic E-state index is -0.728. The predicted octanol–water partition coefficient (Wildman–Crippen LogP) is 13.1. The molecule has 0 saturated heterocycles. The van der Waals surface area contributed by atoms with E-state index in [1.54, 1.807) is 0 Å². The van der Waals surface area contributed by atoms with E-state index in [9.17, 15) is 9.90 Å². The molecule has 1 atom stereocenters. The van der Waals surface area contributed by atoms with Gasteiger partial charge in [0.05, 0.1) is 12.0 Å². The summed E-state index contributed by atoms with van der Waals surface area (Å²) in [5.74, 6) is 0.456. The van der Waals surface area contributed by atoms with Crippen molar-refractivity contribution in [1.29, 1.82) is 0 Å². The van der Waals surface area contributed by atoms with E-state index in [2.05, 4.69) is 99.6 Å². The van der Waals surface area contributed by atoms with Crippen molar-refractivity contribution in [1.82, 2.24) is 4.58 Å². The second kappa shape index (κ2) is 25.9. The summed E-state index contributed by atoms with van der Waals surface area (Å²) in [5, 5.41) is 12.7. The van der Waals surface area contributed by atoms with Crippen LogP contribution in [-0.4, -0.2) is 37.3 Å². The maximum Gasteiger partial charge on any atom is 0.307 e. The predicted molar refractivity (Wildman–Crippen MR) is 229 cm³/mol. The van der Waals surface area contributed by atoms with E-state index in [4.69, 9.17) is 4.42 Å². The van der Waals surface area contributed by atoms with E-state index in [0.29, 0.717) is 12.8 Å². The highest BCUT2D eigenvalue weighted by molar-refractivity contribution is 5.90. The van der Waals surface area contributed by atoms with Gasteiger partial charge in [0.15, 0.2) is 0 Å². The van der Waals surface area contributed by atoms with E-state index in [-0.39, 0.29) is 0 Å². The maximum absolute atomic E-state index is 12.8. The van der Waals surface area contributed by atoms with Gasteiger partial charge in [-0.15, -0.1) is 0 Å². The van der Waals surface area contributed by atoms with Crippen LogP contribution in [0.15, 0.2) is 53.0 Å². The number of carboxylic acids is 1. The van der Waals surface area contributed by atoms with Crippen molar-refractivity contribution in [2.24, 2.45) is 11.8 Å². The first-order chi connectivity index (χ1) is 25.8. The van der Waals surface area contributed by atoms with E-state index >= 15 is 0 Å². The lowest BCUT2D eigenvalue weighted by Gasteiger charge is -2.25. The third kappa shape index (κ3) is 15.7. The van der Waals surface area contributed by atoms with Gasteiger partial charge in [0.1, 0.15) is 24.4 Å². The molecule has 3 rings (SSSR count). The van der Waals surface area contributed by atoms with Crippen LogP contribution in [0.1, 0.15) is 169 Å². The molecular formula is C48H77N2O3+. The van der Waals surface area contributed by atoms with Gasteiger partial charge in [-0.05, 0) is 68.2 Å². The number of carbonyl (C=O) groups is 1. The summed E-state index contributed by atoms with van der Waals surface area (Å²) in [6.07, 6.45) is 27.6. The Labute approximate surface area is 324 Å². The Morgan fingerprint density at radius 2 is 1.38 bits per heavy atom. The van der Waals surface area contributed by atoms with Crippen LogP contribution < -0.4 is 14.8 Å². The molecule has 1 N–H and O–H groups in total. The van der Waals surface area contributed by atoms with Crippen molar-refractivity contribution in [2.45, 2.75) is 170 Å². The average Bonchev–Trinajstić information content (AvgIpc) is 3.15. The molecule has 5 nitrogen and oxygen atoms in total. The summed E-state index contributed by atoms with van der Waals surface area (Å²) < 4.78 is 9.30. The third-order valence-corrected chi connectivity index (χ3v) is 10.9. The zero-order chi connectivity index (χ0) is 38.3. The number of nitrogens with zero attached hydrogens (tertiary/aromatic N) is 2. The van der Waals surface area contributed by atoms with E-state index < -0.39 is 11.9 Å². The Kier molecular flexibility index (Phi) is 21.6. The van der Waals surface area contributed by atoms with Crippen molar-refractivity contribution >= 4 is 22.6 Å². The Morgan fingerprint density at radius 3 is 1.98 bits per heavy atom. The van der Waals surface area contributed by atoms with Gasteiger partial charge in [0, 0.05) is 54.7 Å². The molecule has 0 amide bonds. The number of benzene rings is 2. The molecule has 1 aliphatic carbocycles. The minimum Gasteiger partial charge on any atom is -0.481 e. The Bertz CT molecular complexity index is 1500. The maximum atomic E-state index is 12.8. The standard InChI is InChI=1S/C48H76N2O3/c1-7-11-32-49(33-12-8-2)41-28-30-43-45(36-40(48(51)52)27-25-23-21-19-17-15-16-18-20-22-24-26-39(5)6)44-31-29-42(38-47(44)53-46(43)37-41)50(34-13-9-3)35-14-10-4/h23,25,28-31,37-40H,7-22,24,26-27,32-36H2,1-6H3/p+1/b25-23+. The summed E-state index contributed by atoms with van der Waals surface area (Å²) in [6, 6.07) is 13.3. The highest BCUT2D eigenvalue weighted by atomic mass is 16.4. The van der Waals surface area contributed by atoms with Crippen molar-refractivity contribution in [3.63, 3.8) is 0 Å². The smallest absolute Gasteiger partial charge is 0.307 e. The van der Waals surface area contributed by atoms with Crippen LogP contribution >= 0.6 is 0 Å². The summed E-state index contributed by atoms with van der Waals surface area (Å²) in [5.41, 5.74) is 4.16. The normalized spacial score (nSPS) is 12.4. The number of anilines is 1. The topological polar surface area (TPSA) is 56.7 Å². The summed E-state index contributed by atoms with van der Waals surface area (Å²) in [4.78, 5) is 15.3. The number of hydrogen-bond donors (Lipinski definition) is 1. The van der Waals surface area contributed by atoms with Crippen molar-refractivity contribution in [3.05, 3.63) is 59.5 Å². The van der Waals surface area contributed by atoms with Gasteiger partial charge >= 0.3 is 5.97 Å². The molecule has 1 unspecified atom stereocenters. The van der Waals surface area contributed by atoms with Crippen LogP contribution in [0.3, 0.4) is 0 Å². The molecule has 0 spiro atoms. The fourth-order valence-corrected chi connectivity index (χ4v) is 7.47. The number of allylic oxidation sites excluding steroid dienone is 2. The zero-order valence-electron chi connectivity index (χ0n) is 34.9. The van der Waals surface area contributed by atoms with Gasteiger partial charge in [-0.1, -0.05) is 131 Å². The fraction of sp³-hybridized carbons (Fsp3) is 0.667.